The molecule has 28 heavy (non-hydrogen) atoms. The van der Waals surface area contributed by atoms with Crippen LogP contribution in [-0.2, 0) is 0 Å². The van der Waals surface area contributed by atoms with E-state index in [-0.39, 0.29) is 5.41 Å². The van der Waals surface area contributed by atoms with Crippen LogP contribution >= 0.6 is 0 Å². The first-order chi connectivity index (χ1) is 13.2. The molecule has 0 amide bonds. The molecule has 3 heteroatoms. The fraction of sp³-hybridized carbons (Fsp3) is 0.920. The van der Waals surface area contributed by atoms with E-state index in [1.165, 1.54) is 44.9 Å². The molecule has 0 bridgehead atoms. The van der Waals surface area contributed by atoms with Crippen molar-refractivity contribution in [1.82, 2.24) is 0 Å². The van der Waals surface area contributed by atoms with Crippen molar-refractivity contribution in [2.45, 2.75) is 97.6 Å². The molecule has 4 rings (SSSR count). The zero-order valence-corrected chi connectivity index (χ0v) is 18.0. The van der Waals surface area contributed by atoms with Crippen LogP contribution in [0, 0.1) is 46.3 Å². The molecule has 0 saturated heterocycles. The van der Waals surface area contributed by atoms with Crippen LogP contribution in [0.15, 0.2) is 12.2 Å². The summed E-state index contributed by atoms with van der Waals surface area (Å²) in [4.78, 5) is 0. The Labute approximate surface area is 169 Å². The average Bonchev–Trinajstić information content (AvgIpc) is 2.97. The lowest BCUT2D eigenvalue weighted by molar-refractivity contribution is -0.208. The predicted octanol–water partition coefficient (Wildman–Crippen LogP) is 8.18. The number of allylic oxidation sites excluding steroid dienone is 2. The molecule has 4 aliphatic rings. The first-order valence-electron chi connectivity index (χ1n) is 11.9. The Bertz CT molecular complexity index is 593. The number of fused-ring (bicyclic) bond motifs is 5. The fourth-order valence-electron chi connectivity index (χ4n) is 8.60. The van der Waals surface area contributed by atoms with Crippen LogP contribution in [0.5, 0.6) is 0 Å². The zero-order valence-electron chi connectivity index (χ0n) is 18.0. The summed E-state index contributed by atoms with van der Waals surface area (Å²) >= 11 is 0. The van der Waals surface area contributed by atoms with E-state index in [4.69, 9.17) is 0 Å². The maximum absolute atomic E-state index is 13.4. The second-order valence-corrected chi connectivity index (χ2v) is 11.1. The molecule has 0 N–H and O–H groups in total. The van der Waals surface area contributed by atoms with Gasteiger partial charge in [0.05, 0.1) is 5.92 Å². The van der Waals surface area contributed by atoms with Gasteiger partial charge in [0.25, 0.3) is 0 Å². The summed E-state index contributed by atoms with van der Waals surface area (Å²) < 4.78 is 40.1. The van der Waals surface area contributed by atoms with Gasteiger partial charge in [0.2, 0.25) is 0 Å². The van der Waals surface area contributed by atoms with E-state index in [9.17, 15) is 13.2 Å². The van der Waals surface area contributed by atoms with E-state index in [0.29, 0.717) is 30.1 Å². The van der Waals surface area contributed by atoms with Gasteiger partial charge in [-0.3, -0.25) is 0 Å². The van der Waals surface area contributed by atoms with Gasteiger partial charge < -0.3 is 0 Å². The van der Waals surface area contributed by atoms with E-state index in [1.807, 2.05) is 0 Å². The number of alkyl halides is 3. The van der Waals surface area contributed by atoms with Gasteiger partial charge in [-0.2, -0.15) is 13.2 Å². The van der Waals surface area contributed by atoms with Gasteiger partial charge >= 0.3 is 6.18 Å². The van der Waals surface area contributed by atoms with Crippen LogP contribution in [0.1, 0.15) is 91.4 Å². The summed E-state index contributed by atoms with van der Waals surface area (Å²) in [6.45, 7) is 7.05. The molecule has 0 aromatic heterocycles. The van der Waals surface area contributed by atoms with Gasteiger partial charge in [-0.15, -0.1) is 0 Å². The van der Waals surface area contributed by atoms with Gasteiger partial charge in [0, 0.05) is 0 Å². The lowest BCUT2D eigenvalue weighted by Crippen LogP contribution is -2.54. The van der Waals surface area contributed by atoms with Crippen LogP contribution in [0.3, 0.4) is 0 Å². The summed E-state index contributed by atoms with van der Waals surface area (Å²) in [6, 6.07) is 0. The van der Waals surface area contributed by atoms with E-state index in [1.54, 1.807) is 0 Å². The molecule has 4 aliphatic carbocycles. The molecule has 4 saturated carbocycles. The topological polar surface area (TPSA) is 0 Å². The minimum absolute atomic E-state index is 0.162. The number of hydrogen-bond donors (Lipinski definition) is 0. The van der Waals surface area contributed by atoms with E-state index in [0.717, 1.165) is 30.6 Å². The first kappa shape index (κ1) is 20.8. The highest BCUT2D eigenvalue weighted by Crippen LogP contribution is 2.68. The van der Waals surface area contributed by atoms with E-state index >= 15 is 0 Å². The molecule has 0 nitrogen and oxygen atoms in total. The Balaban J connectivity index is 1.49. The highest BCUT2D eigenvalue weighted by molar-refractivity contribution is 5.09. The Hall–Kier alpha value is -0.470. The molecule has 0 spiro atoms. The summed E-state index contributed by atoms with van der Waals surface area (Å²) in [7, 11) is 0. The lowest BCUT2D eigenvalue weighted by atomic mass is 9.44. The molecular weight excluding hydrogens is 357 g/mol. The Morgan fingerprint density at radius 1 is 0.893 bits per heavy atom. The largest absolute Gasteiger partial charge is 0.391 e. The van der Waals surface area contributed by atoms with Gasteiger partial charge in [0.1, 0.15) is 0 Å². The number of halogens is 3. The molecule has 0 aliphatic heterocycles. The molecule has 0 radical (unpaired) electrons. The fourth-order valence-corrected chi connectivity index (χ4v) is 8.60. The Morgan fingerprint density at radius 3 is 2.32 bits per heavy atom. The van der Waals surface area contributed by atoms with E-state index < -0.39 is 12.1 Å². The molecule has 8 atom stereocenters. The molecule has 0 aromatic carbocycles. The molecule has 160 valence electrons. The molecule has 0 aromatic rings. The van der Waals surface area contributed by atoms with Gasteiger partial charge in [-0.1, -0.05) is 26.0 Å². The highest BCUT2D eigenvalue weighted by atomic mass is 19.4. The second-order valence-electron chi connectivity index (χ2n) is 11.1. The van der Waals surface area contributed by atoms with Gasteiger partial charge in [-0.25, -0.2) is 0 Å². The maximum Gasteiger partial charge on any atom is 0.391 e. The van der Waals surface area contributed by atoms with Crippen LogP contribution in [0.4, 0.5) is 13.2 Å². The first-order valence-corrected chi connectivity index (χ1v) is 11.9. The Morgan fingerprint density at radius 2 is 1.61 bits per heavy atom. The van der Waals surface area contributed by atoms with Crippen molar-refractivity contribution in [2.75, 3.05) is 0 Å². The second kappa shape index (κ2) is 7.34. The van der Waals surface area contributed by atoms with Gasteiger partial charge in [0.15, 0.2) is 0 Å². The smallest absolute Gasteiger partial charge is 0.171 e. The summed E-state index contributed by atoms with van der Waals surface area (Å²) in [5.74, 6) is 2.37. The standard InChI is InChI=1S/C25H39F3/c1-4-5-6-7-17-9-11-21-20-10-8-18-16-19(25(26,27)28)12-14-24(18,3)22(20)13-15-23(17,21)2/h4-5,17-22H,6-16H2,1-3H3/b5-4+/t17?,18?,19?,20-,21?,22?,23+,24-/m0/s1. The summed E-state index contributed by atoms with van der Waals surface area (Å²) in [5, 5.41) is 0. The minimum atomic E-state index is -3.99. The van der Waals surface area contributed by atoms with Gasteiger partial charge in [-0.05, 0) is 118 Å². The van der Waals surface area contributed by atoms with E-state index in [2.05, 4.69) is 32.9 Å². The average molecular weight is 397 g/mol. The third-order valence-electron chi connectivity index (χ3n) is 10.2. The maximum atomic E-state index is 13.4. The predicted molar refractivity (Wildman–Crippen MR) is 109 cm³/mol. The van der Waals surface area contributed by atoms with Crippen molar-refractivity contribution in [1.29, 1.82) is 0 Å². The zero-order chi connectivity index (χ0) is 20.2. The highest BCUT2D eigenvalue weighted by Gasteiger charge is 2.61. The minimum Gasteiger partial charge on any atom is -0.171 e. The van der Waals surface area contributed by atoms with Crippen LogP contribution in [0.2, 0.25) is 0 Å². The third kappa shape index (κ3) is 3.27. The van der Waals surface area contributed by atoms with Crippen LogP contribution in [0.25, 0.3) is 0 Å². The van der Waals surface area contributed by atoms with Crippen molar-refractivity contribution in [3.8, 4) is 0 Å². The normalized spacial score (nSPS) is 48.9. The summed E-state index contributed by atoms with van der Waals surface area (Å²) in [5.41, 5.74) is 0.643. The number of rotatable bonds is 3. The van der Waals surface area contributed by atoms with Crippen molar-refractivity contribution in [3.05, 3.63) is 12.2 Å². The Kier molecular flexibility index (Phi) is 5.45. The molecule has 0 heterocycles. The van der Waals surface area contributed by atoms with Crippen molar-refractivity contribution in [2.24, 2.45) is 46.3 Å². The third-order valence-corrected chi connectivity index (χ3v) is 10.2. The summed E-state index contributed by atoms with van der Waals surface area (Å²) in [6.07, 6.45) is 12.1. The lowest BCUT2D eigenvalue weighted by Gasteiger charge is -2.61. The monoisotopic (exact) mass is 396 g/mol. The quantitative estimate of drug-likeness (QED) is 0.422. The molecular formula is C25H39F3. The van der Waals surface area contributed by atoms with Crippen LogP contribution < -0.4 is 0 Å². The van der Waals surface area contributed by atoms with Crippen molar-refractivity contribution in [3.63, 3.8) is 0 Å². The number of hydrogen-bond acceptors (Lipinski definition) is 0. The van der Waals surface area contributed by atoms with Crippen molar-refractivity contribution < 1.29 is 13.2 Å². The SMILES string of the molecule is C/C=C/CCC1CCC2[C@@H]3CCC4CC(C(F)(F)F)CC[C@]4(C)C3CC[C@]12C. The van der Waals surface area contributed by atoms with Crippen molar-refractivity contribution >= 4 is 0 Å². The molecule has 5 unspecified atom stereocenters. The molecule has 4 fully saturated rings. The van der Waals surface area contributed by atoms with Crippen LogP contribution in [-0.4, -0.2) is 6.18 Å².